The molecule has 18 heavy (non-hydrogen) atoms. The van der Waals surface area contributed by atoms with Gasteiger partial charge in [0.15, 0.2) is 11.5 Å². The summed E-state index contributed by atoms with van der Waals surface area (Å²) < 4.78 is 11.4. The van der Waals surface area contributed by atoms with Gasteiger partial charge in [-0.2, -0.15) is 0 Å². The molecule has 0 saturated carbocycles. The highest BCUT2D eigenvalue weighted by Crippen LogP contribution is 2.40. The van der Waals surface area contributed by atoms with Gasteiger partial charge < -0.3 is 25.4 Å². The van der Waals surface area contributed by atoms with Crippen LogP contribution in [0.5, 0.6) is 11.5 Å². The average molecular weight is 318 g/mol. The van der Waals surface area contributed by atoms with Crippen LogP contribution in [0.15, 0.2) is 16.6 Å². The third kappa shape index (κ3) is 2.43. The Morgan fingerprint density at radius 3 is 2.72 bits per heavy atom. The number of carboxylic acid groups (broad SMARTS) is 1. The third-order valence-corrected chi connectivity index (χ3v) is 3.18. The van der Waals surface area contributed by atoms with Gasteiger partial charge in [0, 0.05) is 0 Å². The summed E-state index contributed by atoms with van der Waals surface area (Å²) in [7, 11) is 0. The number of aliphatic carboxylic acids is 1. The van der Waals surface area contributed by atoms with Crippen LogP contribution in [0.2, 0.25) is 0 Å². The van der Waals surface area contributed by atoms with Gasteiger partial charge in [-0.1, -0.05) is 0 Å². The summed E-state index contributed by atoms with van der Waals surface area (Å²) in [5, 5.41) is 18.6. The van der Waals surface area contributed by atoms with Gasteiger partial charge in [-0.25, -0.2) is 0 Å². The van der Waals surface area contributed by atoms with Gasteiger partial charge >= 0.3 is 5.97 Å². The number of hydrogen-bond acceptors (Lipinski definition) is 5. The third-order valence-electron chi connectivity index (χ3n) is 2.59. The summed E-state index contributed by atoms with van der Waals surface area (Å²) in [6.07, 6.45) is -1.31. The lowest BCUT2D eigenvalue weighted by molar-refractivity contribution is -0.141. The molecule has 1 heterocycles. The summed E-state index contributed by atoms with van der Waals surface area (Å²) in [5.41, 5.74) is 5.74. The van der Waals surface area contributed by atoms with Crippen LogP contribution in [0.25, 0.3) is 0 Å². The SMILES string of the molecule is NC(C(=O)O)C(O)c1cc(Br)c2c(c1)OCCO2. The number of fused-ring (bicyclic) bond motifs is 1. The van der Waals surface area contributed by atoms with Crippen molar-refractivity contribution in [3.8, 4) is 11.5 Å². The maximum absolute atomic E-state index is 10.7. The molecule has 0 radical (unpaired) electrons. The van der Waals surface area contributed by atoms with Crippen molar-refractivity contribution in [3.63, 3.8) is 0 Å². The van der Waals surface area contributed by atoms with Crippen LogP contribution >= 0.6 is 15.9 Å². The van der Waals surface area contributed by atoms with E-state index >= 15 is 0 Å². The molecule has 0 saturated heterocycles. The minimum Gasteiger partial charge on any atom is -0.486 e. The van der Waals surface area contributed by atoms with Gasteiger partial charge in [0.05, 0.1) is 4.47 Å². The van der Waals surface area contributed by atoms with E-state index < -0.39 is 18.1 Å². The molecule has 1 aromatic carbocycles. The number of carbonyl (C=O) groups is 1. The first-order valence-corrected chi connectivity index (χ1v) is 6.05. The van der Waals surface area contributed by atoms with Crippen molar-refractivity contribution in [2.24, 2.45) is 5.73 Å². The maximum Gasteiger partial charge on any atom is 0.323 e. The molecule has 2 unspecified atom stereocenters. The normalized spacial score (nSPS) is 17.1. The Morgan fingerprint density at radius 2 is 2.06 bits per heavy atom. The monoisotopic (exact) mass is 317 g/mol. The van der Waals surface area contributed by atoms with Crippen LogP contribution in [0.1, 0.15) is 11.7 Å². The number of hydrogen-bond donors (Lipinski definition) is 3. The second kappa shape index (κ2) is 5.13. The summed E-state index contributed by atoms with van der Waals surface area (Å²) in [5.74, 6) is -0.267. The Morgan fingerprint density at radius 1 is 1.39 bits per heavy atom. The molecule has 0 amide bonds. The maximum atomic E-state index is 10.7. The number of aliphatic hydroxyl groups is 1. The van der Waals surface area contributed by atoms with E-state index in [1.165, 1.54) is 6.07 Å². The van der Waals surface area contributed by atoms with Crippen LogP contribution in [-0.2, 0) is 4.79 Å². The molecule has 4 N–H and O–H groups in total. The van der Waals surface area contributed by atoms with Crippen LogP contribution in [0.4, 0.5) is 0 Å². The molecule has 0 fully saturated rings. The summed E-state index contributed by atoms with van der Waals surface area (Å²) in [6, 6.07) is 1.72. The highest BCUT2D eigenvalue weighted by Gasteiger charge is 2.26. The second-order valence-electron chi connectivity index (χ2n) is 3.84. The first kappa shape index (κ1) is 13.1. The number of carboxylic acids is 1. The first-order chi connectivity index (χ1) is 8.50. The Hall–Kier alpha value is -1.31. The van der Waals surface area contributed by atoms with Gasteiger partial charge in [-0.15, -0.1) is 0 Å². The molecule has 0 aliphatic carbocycles. The number of benzene rings is 1. The van der Waals surface area contributed by atoms with Crippen LogP contribution in [-0.4, -0.2) is 35.4 Å². The highest BCUT2D eigenvalue weighted by atomic mass is 79.9. The number of ether oxygens (including phenoxy) is 2. The zero-order valence-electron chi connectivity index (χ0n) is 9.30. The Bertz CT molecular complexity index is 479. The molecular weight excluding hydrogens is 306 g/mol. The molecule has 1 aliphatic rings. The first-order valence-electron chi connectivity index (χ1n) is 5.26. The summed E-state index contributed by atoms with van der Waals surface area (Å²) in [4.78, 5) is 10.7. The highest BCUT2D eigenvalue weighted by molar-refractivity contribution is 9.10. The smallest absolute Gasteiger partial charge is 0.323 e. The summed E-state index contributed by atoms with van der Waals surface area (Å²) in [6.45, 7) is 0.853. The topological polar surface area (TPSA) is 102 Å². The quantitative estimate of drug-likeness (QED) is 0.757. The van der Waals surface area contributed by atoms with E-state index in [-0.39, 0.29) is 0 Å². The molecule has 0 aromatic heterocycles. The fourth-order valence-corrected chi connectivity index (χ4v) is 2.22. The van der Waals surface area contributed by atoms with E-state index in [0.717, 1.165) is 0 Å². The molecule has 1 aromatic rings. The van der Waals surface area contributed by atoms with Gasteiger partial charge in [0.25, 0.3) is 0 Å². The molecule has 2 rings (SSSR count). The van der Waals surface area contributed by atoms with Gasteiger partial charge in [0.1, 0.15) is 25.4 Å². The van der Waals surface area contributed by atoms with E-state index in [9.17, 15) is 9.90 Å². The van der Waals surface area contributed by atoms with Crippen molar-refractivity contribution in [3.05, 3.63) is 22.2 Å². The van der Waals surface area contributed by atoms with Crippen molar-refractivity contribution in [2.75, 3.05) is 13.2 Å². The van der Waals surface area contributed by atoms with Gasteiger partial charge in [-0.3, -0.25) is 4.79 Å². The number of nitrogens with two attached hydrogens (primary N) is 1. The number of aliphatic hydroxyl groups excluding tert-OH is 1. The molecule has 98 valence electrons. The van der Waals surface area contributed by atoms with Crippen LogP contribution in [0.3, 0.4) is 0 Å². The van der Waals surface area contributed by atoms with E-state index in [4.69, 9.17) is 20.3 Å². The Kier molecular flexibility index (Phi) is 3.74. The van der Waals surface area contributed by atoms with Crippen molar-refractivity contribution in [1.82, 2.24) is 0 Å². The van der Waals surface area contributed by atoms with E-state index in [1.807, 2.05) is 0 Å². The average Bonchev–Trinajstić information content (AvgIpc) is 2.36. The second-order valence-corrected chi connectivity index (χ2v) is 4.69. The zero-order chi connectivity index (χ0) is 13.3. The standard InChI is InChI=1S/C11H12BrNO5/c12-6-3-5(9(14)8(13)11(15)16)4-7-10(6)18-2-1-17-7/h3-4,8-9,14H,1-2,13H2,(H,15,16). The van der Waals surface area contributed by atoms with Crippen molar-refractivity contribution < 1.29 is 24.5 Å². The molecular formula is C11H12BrNO5. The lowest BCUT2D eigenvalue weighted by Crippen LogP contribution is -2.36. The molecule has 0 spiro atoms. The van der Waals surface area contributed by atoms with Crippen LogP contribution in [0, 0.1) is 0 Å². The zero-order valence-corrected chi connectivity index (χ0v) is 10.9. The van der Waals surface area contributed by atoms with Crippen LogP contribution < -0.4 is 15.2 Å². The molecule has 2 atom stereocenters. The minimum atomic E-state index is -1.39. The van der Waals surface area contributed by atoms with Gasteiger partial charge in [-0.05, 0) is 33.6 Å². The number of halogens is 1. The van der Waals surface area contributed by atoms with E-state index in [1.54, 1.807) is 6.07 Å². The lowest BCUT2D eigenvalue weighted by atomic mass is 10.0. The largest absolute Gasteiger partial charge is 0.486 e. The molecule has 0 bridgehead atoms. The fourth-order valence-electron chi connectivity index (χ4n) is 1.64. The Labute approximate surface area is 111 Å². The molecule has 1 aliphatic heterocycles. The minimum absolute atomic E-state index is 0.362. The van der Waals surface area contributed by atoms with Gasteiger partial charge in [0.2, 0.25) is 0 Å². The van der Waals surface area contributed by atoms with Crippen molar-refractivity contribution in [2.45, 2.75) is 12.1 Å². The van der Waals surface area contributed by atoms with E-state index in [2.05, 4.69) is 15.9 Å². The molecule has 6 nitrogen and oxygen atoms in total. The fraction of sp³-hybridized carbons (Fsp3) is 0.364. The predicted octanol–water partition coefficient (Wildman–Crippen LogP) is 0.666. The van der Waals surface area contributed by atoms with Crippen molar-refractivity contribution in [1.29, 1.82) is 0 Å². The van der Waals surface area contributed by atoms with Crippen molar-refractivity contribution >= 4 is 21.9 Å². The Balaban J connectivity index is 2.35. The predicted molar refractivity (Wildman–Crippen MR) is 65.7 cm³/mol. The molecule has 7 heteroatoms. The lowest BCUT2D eigenvalue weighted by Gasteiger charge is -2.22. The van der Waals surface area contributed by atoms with E-state index in [0.29, 0.717) is 34.7 Å². The summed E-state index contributed by atoms with van der Waals surface area (Å²) >= 11 is 3.28. The number of rotatable bonds is 3.